The summed E-state index contributed by atoms with van der Waals surface area (Å²) in [7, 11) is 0. The first-order valence-corrected chi connectivity index (χ1v) is 7.41. The van der Waals surface area contributed by atoms with Crippen molar-refractivity contribution in [3.63, 3.8) is 0 Å². The average molecular weight is 259 g/mol. The minimum atomic E-state index is 0.433. The van der Waals surface area contributed by atoms with Gasteiger partial charge in [0.25, 0.3) is 0 Å². The summed E-state index contributed by atoms with van der Waals surface area (Å²) >= 11 is 1.83. The van der Waals surface area contributed by atoms with E-state index in [0.717, 1.165) is 13.0 Å². The minimum absolute atomic E-state index is 0.433. The Labute approximate surface area is 114 Å². The van der Waals surface area contributed by atoms with Gasteiger partial charge in [-0.3, -0.25) is 0 Å². The highest BCUT2D eigenvalue weighted by Gasteiger charge is 2.12. The third-order valence-corrected chi connectivity index (χ3v) is 4.04. The summed E-state index contributed by atoms with van der Waals surface area (Å²) in [4.78, 5) is 1.39. The van der Waals surface area contributed by atoms with E-state index in [-0.39, 0.29) is 0 Å². The van der Waals surface area contributed by atoms with Crippen molar-refractivity contribution in [2.75, 3.05) is 6.54 Å². The molecule has 18 heavy (non-hydrogen) atoms. The molecular formula is C16H21NS. The van der Waals surface area contributed by atoms with Crippen LogP contribution < -0.4 is 5.32 Å². The van der Waals surface area contributed by atoms with Crippen LogP contribution in [0.2, 0.25) is 0 Å². The van der Waals surface area contributed by atoms with Crippen LogP contribution in [0.3, 0.4) is 0 Å². The van der Waals surface area contributed by atoms with Gasteiger partial charge in [0.15, 0.2) is 0 Å². The Balaban J connectivity index is 2.13. The predicted molar refractivity (Wildman–Crippen MR) is 80.4 cm³/mol. The summed E-state index contributed by atoms with van der Waals surface area (Å²) in [6.07, 6.45) is 1.06. The van der Waals surface area contributed by atoms with Crippen molar-refractivity contribution in [3.05, 3.63) is 57.3 Å². The van der Waals surface area contributed by atoms with E-state index in [1.54, 1.807) is 0 Å². The molecule has 0 spiro atoms. The van der Waals surface area contributed by atoms with E-state index in [0.29, 0.717) is 6.04 Å². The fourth-order valence-electron chi connectivity index (χ4n) is 2.16. The third kappa shape index (κ3) is 3.44. The van der Waals surface area contributed by atoms with Gasteiger partial charge in [-0.05, 0) is 49.4 Å². The summed E-state index contributed by atoms with van der Waals surface area (Å²) in [6.45, 7) is 7.48. The SMILES string of the molecule is CCNC(Cc1ccc(C)cc1)c1csc(C)c1. The number of thiophene rings is 1. The molecule has 0 saturated heterocycles. The Kier molecular flexibility index (Phi) is 4.56. The fraction of sp³-hybridized carbons (Fsp3) is 0.375. The largest absolute Gasteiger partial charge is 0.310 e. The van der Waals surface area contributed by atoms with Gasteiger partial charge in [0.05, 0.1) is 0 Å². The molecule has 1 aromatic heterocycles. The van der Waals surface area contributed by atoms with Crippen LogP contribution in [-0.2, 0) is 6.42 Å². The summed E-state index contributed by atoms with van der Waals surface area (Å²) in [5, 5.41) is 5.86. The number of hydrogen-bond acceptors (Lipinski definition) is 2. The molecule has 1 nitrogen and oxygen atoms in total. The Morgan fingerprint density at radius 3 is 2.44 bits per heavy atom. The van der Waals surface area contributed by atoms with Crippen molar-refractivity contribution in [1.29, 1.82) is 0 Å². The second kappa shape index (κ2) is 6.17. The molecule has 0 aliphatic rings. The first-order valence-electron chi connectivity index (χ1n) is 6.53. The molecule has 2 aromatic rings. The Hall–Kier alpha value is -1.12. The van der Waals surface area contributed by atoms with Crippen LogP contribution in [0.15, 0.2) is 35.7 Å². The maximum absolute atomic E-state index is 3.58. The molecule has 0 bridgehead atoms. The van der Waals surface area contributed by atoms with Gasteiger partial charge < -0.3 is 5.32 Å². The molecular weight excluding hydrogens is 238 g/mol. The van der Waals surface area contributed by atoms with E-state index in [4.69, 9.17) is 0 Å². The molecule has 96 valence electrons. The zero-order chi connectivity index (χ0) is 13.0. The minimum Gasteiger partial charge on any atom is -0.310 e. The van der Waals surface area contributed by atoms with Crippen LogP contribution in [0.4, 0.5) is 0 Å². The van der Waals surface area contributed by atoms with E-state index < -0.39 is 0 Å². The van der Waals surface area contributed by atoms with Crippen molar-refractivity contribution >= 4 is 11.3 Å². The number of likely N-dealkylation sites (N-methyl/N-ethyl adjacent to an activating group) is 1. The molecule has 0 aliphatic carbocycles. The maximum atomic E-state index is 3.58. The van der Waals surface area contributed by atoms with Crippen LogP contribution >= 0.6 is 11.3 Å². The molecule has 1 aromatic carbocycles. The van der Waals surface area contributed by atoms with Gasteiger partial charge in [-0.15, -0.1) is 11.3 Å². The van der Waals surface area contributed by atoms with Gasteiger partial charge in [0, 0.05) is 10.9 Å². The van der Waals surface area contributed by atoms with E-state index in [9.17, 15) is 0 Å². The topological polar surface area (TPSA) is 12.0 Å². The van der Waals surface area contributed by atoms with Crippen LogP contribution in [0.1, 0.15) is 34.5 Å². The first-order chi connectivity index (χ1) is 8.69. The normalized spacial score (nSPS) is 12.6. The number of aryl methyl sites for hydroxylation is 2. The molecule has 2 rings (SSSR count). The lowest BCUT2D eigenvalue weighted by Gasteiger charge is -2.17. The molecule has 0 fully saturated rings. The lowest BCUT2D eigenvalue weighted by molar-refractivity contribution is 0.551. The van der Waals surface area contributed by atoms with Crippen molar-refractivity contribution in [3.8, 4) is 0 Å². The number of nitrogens with one attached hydrogen (secondary N) is 1. The molecule has 1 unspecified atom stereocenters. The van der Waals surface area contributed by atoms with E-state index in [2.05, 4.69) is 61.8 Å². The maximum Gasteiger partial charge on any atom is 0.0369 e. The molecule has 1 atom stereocenters. The van der Waals surface area contributed by atoms with Gasteiger partial charge in [-0.25, -0.2) is 0 Å². The van der Waals surface area contributed by atoms with Gasteiger partial charge in [-0.1, -0.05) is 36.8 Å². The summed E-state index contributed by atoms with van der Waals surface area (Å²) in [5.74, 6) is 0. The standard InChI is InChI=1S/C16H21NS/c1-4-17-16(15-9-13(3)18-11-15)10-14-7-5-12(2)6-8-14/h5-9,11,16-17H,4,10H2,1-3H3. The van der Waals surface area contributed by atoms with Crippen molar-refractivity contribution in [1.82, 2.24) is 5.32 Å². The smallest absolute Gasteiger partial charge is 0.0369 e. The summed E-state index contributed by atoms with van der Waals surface area (Å²) in [5.41, 5.74) is 4.14. The lowest BCUT2D eigenvalue weighted by Crippen LogP contribution is -2.22. The second-order valence-corrected chi connectivity index (χ2v) is 5.91. The summed E-state index contributed by atoms with van der Waals surface area (Å²) in [6, 6.07) is 11.6. The molecule has 1 N–H and O–H groups in total. The molecule has 1 heterocycles. The zero-order valence-corrected chi connectivity index (χ0v) is 12.2. The number of hydrogen-bond donors (Lipinski definition) is 1. The molecule has 0 aliphatic heterocycles. The lowest BCUT2D eigenvalue weighted by atomic mass is 10.00. The van der Waals surface area contributed by atoms with E-state index in [1.165, 1.54) is 21.6 Å². The Bertz CT molecular complexity index is 484. The highest BCUT2D eigenvalue weighted by Crippen LogP contribution is 2.23. The highest BCUT2D eigenvalue weighted by molar-refractivity contribution is 7.10. The van der Waals surface area contributed by atoms with Crippen LogP contribution in [0, 0.1) is 13.8 Å². The van der Waals surface area contributed by atoms with E-state index in [1.807, 2.05) is 11.3 Å². The first kappa shape index (κ1) is 13.3. The zero-order valence-electron chi connectivity index (χ0n) is 11.4. The van der Waals surface area contributed by atoms with Crippen LogP contribution in [0.25, 0.3) is 0 Å². The highest BCUT2D eigenvalue weighted by atomic mass is 32.1. The Morgan fingerprint density at radius 1 is 1.17 bits per heavy atom. The quantitative estimate of drug-likeness (QED) is 0.846. The second-order valence-electron chi connectivity index (χ2n) is 4.79. The van der Waals surface area contributed by atoms with Crippen molar-refractivity contribution < 1.29 is 0 Å². The monoisotopic (exact) mass is 259 g/mol. The van der Waals surface area contributed by atoms with Gasteiger partial charge in [0.1, 0.15) is 0 Å². The van der Waals surface area contributed by atoms with Gasteiger partial charge in [0.2, 0.25) is 0 Å². The van der Waals surface area contributed by atoms with Gasteiger partial charge in [-0.2, -0.15) is 0 Å². The number of rotatable bonds is 5. The number of benzene rings is 1. The molecule has 0 amide bonds. The fourth-order valence-corrected chi connectivity index (χ4v) is 2.92. The third-order valence-electron chi connectivity index (χ3n) is 3.16. The summed E-state index contributed by atoms with van der Waals surface area (Å²) < 4.78 is 0. The molecule has 0 saturated carbocycles. The predicted octanol–water partition coefficient (Wildman–Crippen LogP) is 4.26. The van der Waals surface area contributed by atoms with E-state index >= 15 is 0 Å². The van der Waals surface area contributed by atoms with Crippen molar-refractivity contribution in [2.24, 2.45) is 0 Å². The Morgan fingerprint density at radius 2 is 1.89 bits per heavy atom. The molecule has 0 radical (unpaired) electrons. The van der Waals surface area contributed by atoms with Crippen LogP contribution in [0.5, 0.6) is 0 Å². The average Bonchev–Trinajstić information content (AvgIpc) is 2.78. The van der Waals surface area contributed by atoms with Gasteiger partial charge >= 0.3 is 0 Å². The van der Waals surface area contributed by atoms with Crippen molar-refractivity contribution in [2.45, 2.75) is 33.2 Å². The molecule has 2 heteroatoms. The van der Waals surface area contributed by atoms with Crippen LogP contribution in [-0.4, -0.2) is 6.54 Å².